The van der Waals surface area contributed by atoms with Gasteiger partial charge in [-0.15, -0.1) is 11.3 Å². The van der Waals surface area contributed by atoms with Gasteiger partial charge in [-0.05, 0) is 41.8 Å². The Hall–Kier alpha value is -2.13. The first-order chi connectivity index (χ1) is 8.74. The zero-order valence-corrected chi connectivity index (χ0v) is 10.3. The van der Waals surface area contributed by atoms with Crippen LogP contribution in [-0.4, -0.2) is 10.9 Å². The summed E-state index contributed by atoms with van der Waals surface area (Å²) in [5.41, 5.74) is 0.597. The predicted octanol–water partition coefficient (Wildman–Crippen LogP) is 3.84. The van der Waals surface area contributed by atoms with Gasteiger partial charge >= 0.3 is 0 Å². The molecule has 88 valence electrons. The van der Waals surface area contributed by atoms with E-state index in [2.05, 4.69) is 0 Å². The van der Waals surface area contributed by atoms with Gasteiger partial charge in [0.05, 0.1) is 4.88 Å². The minimum Gasteiger partial charge on any atom is -0.508 e. The molecule has 0 saturated carbocycles. The zero-order valence-electron chi connectivity index (χ0n) is 9.46. The molecule has 0 aliphatic heterocycles. The third-order valence-corrected chi connectivity index (χ3v) is 3.89. The molecule has 1 N–H and O–H groups in total. The minimum atomic E-state index is -0.00352. The van der Waals surface area contributed by atoms with Crippen molar-refractivity contribution < 1.29 is 9.90 Å². The maximum atomic E-state index is 12.3. The second-order valence-corrected chi connectivity index (χ2v) is 5.11. The predicted molar refractivity (Wildman–Crippen MR) is 73.4 cm³/mol. The fourth-order valence-corrected chi connectivity index (χ4v) is 2.87. The Morgan fingerprint density at radius 1 is 1.00 bits per heavy atom. The maximum Gasteiger partial charge on any atom is 0.202 e. The molecule has 0 spiro atoms. The van der Waals surface area contributed by atoms with E-state index in [1.807, 2.05) is 30.3 Å². The fourth-order valence-electron chi connectivity index (χ4n) is 1.85. The third-order valence-electron chi connectivity index (χ3n) is 2.78. The van der Waals surface area contributed by atoms with Crippen LogP contribution in [0.2, 0.25) is 0 Å². The topological polar surface area (TPSA) is 37.3 Å². The van der Waals surface area contributed by atoms with Crippen molar-refractivity contribution in [3.05, 3.63) is 65.0 Å². The summed E-state index contributed by atoms with van der Waals surface area (Å²) in [5, 5.41) is 10.3. The van der Waals surface area contributed by atoms with Crippen LogP contribution in [0.25, 0.3) is 10.1 Å². The normalized spacial score (nSPS) is 10.7. The number of hydrogen-bond acceptors (Lipinski definition) is 3. The van der Waals surface area contributed by atoms with Crippen LogP contribution in [0.4, 0.5) is 0 Å². The lowest BCUT2D eigenvalue weighted by Crippen LogP contribution is -1.97. The molecule has 0 aliphatic rings. The largest absolute Gasteiger partial charge is 0.508 e. The number of benzene rings is 2. The highest BCUT2D eigenvalue weighted by atomic mass is 32.1. The van der Waals surface area contributed by atoms with Gasteiger partial charge < -0.3 is 5.11 Å². The molecule has 0 amide bonds. The van der Waals surface area contributed by atoms with E-state index in [-0.39, 0.29) is 11.5 Å². The van der Waals surface area contributed by atoms with Gasteiger partial charge in [0.2, 0.25) is 5.78 Å². The highest BCUT2D eigenvalue weighted by molar-refractivity contribution is 7.21. The fraction of sp³-hybridized carbons (Fsp3) is 0. The summed E-state index contributed by atoms with van der Waals surface area (Å²) < 4.78 is 1.11. The lowest BCUT2D eigenvalue weighted by molar-refractivity contribution is 0.104. The van der Waals surface area contributed by atoms with Crippen LogP contribution in [0.1, 0.15) is 15.2 Å². The number of thiophene rings is 1. The maximum absolute atomic E-state index is 12.3. The molecule has 1 aromatic heterocycles. The Balaban J connectivity index is 2.03. The van der Waals surface area contributed by atoms with Crippen LogP contribution in [0.3, 0.4) is 0 Å². The van der Waals surface area contributed by atoms with Crippen LogP contribution in [0.15, 0.2) is 54.6 Å². The number of hydrogen-bond donors (Lipinski definition) is 1. The van der Waals surface area contributed by atoms with Gasteiger partial charge in [0.1, 0.15) is 5.75 Å². The van der Waals surface area contributed by atoms with Crippen LogP contribution in [0, 0.1) is 0 Å². The summed E-state index contributed by atoms with van der Waals surface area (Å²) >= 11 is 1.49. The van der Waals surface area contributed by atoms with E-state index in [0.717, 1.165) is 15.0 Å². The molecular weight excluding hydrogens is 244 g/mol. The number of phenolic OH excluding ortho intramolecular Hbond substituents is 1. The molecule has 2 nitrogen and oxygen atoms in total. The third kappa shape index (κ3) is 1.89. The standard InChI is InChI=1S/C15H10O2S/c16-12-7-5-10(6-8-12)15(17)14-9-11-3-1-2-4-13(11)18-14/h1-9,16H. The van der Waals surface area contributed by atoms with Crippen molar-refractivity contribution in [2.24, 2.45) is 0 Å². The SMILES string of the molecule is O=C(c1ccc(O)cc1)c1cc2ccccc2s1. The summed E-state index contributed by atoms with van der Waals surface area (Å²) in [6.45, 7) is 0. The number of carbonyl (C=O) groups excluding carboxylic acids is 1. The Labute approximate surface area is 108 Å². The van der Waals surface area contributed by atoms with Crippen LogP contribution >= 0.6 is 11.3 Å². The van der Waals surface area contributed by atoms with Crippen molar-refractivity contribution in [2.45, 2.75) is 0 Å². The average Bonchev–Trinajstić information content (AvgIpc) is 2.82. The number of fused-ring (bicyclic) bond motifs is 1. The summed E-state index contributed by atoms with van der Waals surface area (Å²) in [4.78, 5) is 13.0. The van der Waals surface area contributed by atoms with Crippen molar-refractivity contribution in [1.29, 1.82) is 0 Å². The molecule has 0 bridgehead atoms. The molecule has 3 aromatic rings. The Morgan fingerprint density at radius 3 is 2.44 bits per heavy atom. The number of phenols is 1. The average molecular weight is 254 g/mol. The molecule has 2 aromatic carbocycles. The van der Waals surface area contributed by atoms with Crippen molar-refractivity contribution in [3.8, 4) is 5.75 Å². The molecule has 0 atom stereocenters. The van der Waals surface area contributed by atoms with E-state index < -0.39 is 0 Å². The van der Waals surface area contributed by atoms with Crippen LogP contribution in [-0.2, 0) is 0 Å². The van der Waals surface area contributed by atoms with E-state index in [4.69, 9.17) is 0 Å². The first-order valence-corrected chi connectivity index (χ1v) is 6.38. The van der Waals surface area contributed by atoms with Crippen LogP contribution in [0.5, 0.6) is 5.75 Å². The molecule has 18 heavy (non-hydrogen) atoms. The van der Waals surface area contributed by atoms with Gasteiger partial charge in [-0.1, -0.05) is 18.2 Å². The van der Waals surface area contributed by atoms with Gasteiger partial charge in [0.15, 0.2) is 0 Å². The van der Waals surface area contributed by atoms with Gasteiger partial charge in [0, 0.05) is 10.3 Å². The highest BCUT2D eigenvalue weighted by Gasteiger charge is 2.12. The molecule has 0 unspecified atom stereocenters. The molecular formula is C15H10O2S. The van der Waals surface area contributed by atoms with E-state index in [9.17, 15) is 9.90 Å². The quantitative estimate of drug-likeness (QED) is 0.705. The molecule has 0 fully saturated rings. The van der Waals surface area contributed by atoms with Gasteiger partial charge in [-0.25, -0.2) is 0 Å². The van der Waals surface area contributed by atoms with Crippen LogP contribution < -0.4 is 0 Å². The second kappa shape index (κ2) is 4.27. The number of ketones is 1. The number of carbonyl (C=O) groups is 1. The Bertz CT molecular complexity index is 678. The lowest BCUT2D eigenvalue weighted by atomic mass is 10.1. The monoisotopic (exact) mass is 254 g/mol. The second-order valence-electron chi connectivity index (χ2n) is 4.02. The highest BCUT2D eigenvalue weighted by Crippen LogP contribution is 2.27. The molecule has 1 heterocycles. The van der Waals surface area contributed by atoms with E-state index in [0.29, 0.717) is 5.56 Å². The van der Waals surface area contributed by atoms with E-state index >= 15 is 0 Å². The molecule has 0 aliphatic carbocycles. The van der Waals surface area contributed by atoms with Gasteiger partial charge in [-0.3, -0.25) is 4.79 Å². The summed E-state index contributed by atoms with van der Waals surface area (Å²) in [6.07, 6.45) is 0. The minimum absolute atomic E-state index is 0.00352. The molecule has 3 heteroatoms. The first-order valence-electron chi connectivity index (χ1n) is 5.56. The molecule has 0 radical (unpaired) electrons. The summed E-state index contributed by atoms with van der Waals surface area (Å²) in [6, 6.07) is 16.2. The van der Waals surface area contributed by atoms with Crippen molar-refractivity contribution in [2.75, 3.05) is 0 Å². The van der Waals surface area contributed by atoms with Crippen molar-refractivity contribution in [3.63, 3.8) is 0 Å². The smallest absolute Gasteiger partial charge is 0.202 e. The zero-order chi connectivity index (χ0) is 12.5. The Kier molecular flexibility index (Phi) is 2.61. The molecule has 3 rings (SSSR count). The lowest BCUT2D eigenvalue weighted by Gasteiger charge is -1.97. The van der Waals surface area contributed by atoms with Gasteiger partial charge in [-0.2, -0.15) is 0 Å². The number of aromatic hydroxyl groups is 1. The molecule has 0 saturated heterocycles. The van der Waals surface area contributed by atoms with Crippen molar-refractivity contribution in [1.82, 2.24) is 0 Å². The van der Waals surface area contributed by atoms with E-state index in [1.165, 1.54) is 23.5 Å². The van der Waals surface area contributed by atoms with Gasteiger partial charge in [0.25, 0.3) is 0 Å². The van der Waals surface area contributed by atoms with E-state index in [1.54, 1.807) is 12.1 Å². The summed E-state index contributed by atoms with van der Waals surface area (Å²) in [7, 11) is 0. The first kappa shape index (κ1) is 11.0. The Morgan fingerprint density at radius 2 is 1.72 bits per heavy atom. The number of rotatable bonds is 2. The van der Waals surface area contributed by atoms with Crippen molar-refractivity contribution >= 4 is 27.2 Å². The summed E-state index contributed by atoms with van der Waals surface area (Å²) in [5.74, 6) is 0.166.